The van der Waals surface area contributed by atoms with Gasteiger partial charge in [-0.1, -0.05) is 38.0 Å². The molecule has 1 aromatic carbocycles. The average molecular weight is 455 g/mol. The highest BCUT2D eigenvalue weighted by Crippen LogP contribution is 2.17. The summed E-state index contributed by atoms with van der Waals surface area (Å²) in [6, 6.07) is 6.73. The Morgan fingerprint density at radius 1 is 1.00 bits per heavy atom. The third-order valence-electron chi connectivity index (χ3n) is 4.83. The molecule has 1 amide bonds. The standard InChI is InChI=1S/C25H40N2O5/c1-6-31-23(28)17-27(18-24(29)32-7-2)15-9-8-14-26-25(30)20(5)22-12-10-21(11-13-22)16-19(3)4/h10-13,19-20H,6-9,14-18H2,1-5H3,(H,26,30)/t20-/m0/s1/i3D3,4D3. The number of ether oxygens (including phenoxy) is 2. The summed E-state index contributed by atoms with van der Waals surface area (Å²) < 4.78 is 55.2. The van der Waals surface area contributed by atoms with Gasteiger partial charge >= 0.3 is 11.9 Å². The molecule has 0 unspecified atom stereocenters. The maximum Gasteiger partial charge on any atom is 0.320 e. The number of amides is 1. The van der Waals surface area contributed by atoms with Crippen molar-refractivity contribution >= 4 is 17.8 Å². The fourth-order valence-electron chi connectivity index (χ4n) is 3.15. The Hall–Kier alpha value is -2.41. The summed E-state index contributed by atoms with van der Waals surface area (Å²) in [5.74, 6) is -2.95. The number of hydrogen-bond acceptors (Lipinski definition) is 6. The zero-order chi connectivity index (χ0) is 28.9. The smallest absolute Gasteiger partial charge is 0.320 e. The molecule has 1 atom stereocenters. The molecular formula is C25H40N2O5. The van der Waals surface area contributed by atoms with E-state index in [4.69, 9.17) is 17.7 Å². The minimum Gasteiger partial charge on any atom is -0.465 e. The van der Waals surface area contributed by atoms with Gasteiger partial charge < -0.3 is 14.8 Å². The molecule has 1 N–H and O–H groups in total. The molecule has 0 saturated heterocycles. The van der Waals surface area contributed by atoms with Gasteiger partial charge in [-0.25, -0.2) is 0 Å². The fraction of sp³-hybridized carbons (Fsp3) is 0.640. The molecule has 0 spiro atoms. The summed E-state index contributed by atoms with van der Waals surface area (Å²) in [5, 5.41) is 2.87. The SMILES string of the molecule is [2H]C([2H])([2H])C(Cc1ccc([C@H](C)C(=O)NCCCCN(CC(=O)OCC)CC(=O)OCC)cc1)C([2H])([2H])[2H]. The summed E-state index contributed by atoms with van der Waals surface area (Å²) in [6.07, 6.45) is 1.15. The van der Waals surface area contributed by atoms with E-state index in [-0.39, 0.29) is 38.6 Å². The molecule has 0 aromatic heterocycles. The molecule has 0 heterocycles. The first kappa shape index (κ1) is 19.1. The van der Waals surface area contributed by atoms with Crippen molar-refractivity contribution < 1.29 is 32.1 Å². The number of hydrogen-bond donors (Lipinski definition) is 1. The summed E-state index contributed by atoms with van der Waals surface area (Å²) >= 11 is 0. The highest BCUT2D eigenvalue weighted by atomic mass is 16.5. The van der Waals surface area contributed by atoms with Gasteiger partial charge in [0.25, 0.3) is 0 Å². The third kappa shape index (κ3) is 11.3. The predicted octanol–water partition coefficient (Wildman–Crippen LogP) is 3.31. The van der Waals surface area contributed by atoms with E-state index in [1.807, 2.05) is 0 Å². The summed E-state index contributed by atoms with van der Waals surface area (Å²) in [7, 11) is 0. The number of carbonyl (C=O) groups is 3. The van der Waals surface area contributed by atoms with Crippen LogP contribution in [0.25, 0.3) is 0 Å². The first-order chi connectivity index (χ1) is 17.7. The maximum absolute atomic E-state index is 12.6. The van der Waals surface area contributed by atoms with E-state index in [1.165, 1.54) is 0 Å². The molecule has 0 aliphatic carbocycles. The van der Waals surface area contributed by atoms with Crippen LogP contribution in [0.4, 0.5) is 0 Å². The summed E-state index contributed by atoms with van der Waals surface area (Å²) in [6.45, 7) is 1.29. The molecule has 0 fully saturated rings. The predicted molar refractivity (Wildman–Crippen MR) is 125 cm³/mol. The molecule has 180 valence electrons. The highest BCUT2D eigenvalue weighted by Gasteiger charge is 2.17. The molecule has 0 radical (unpaired) electrons. The average Bonchev–Trinajstić information content (AvgIpc) is 2.80. The number of rotatable bonds is 15. The highest BCUT2D eigenvalue weighted by molar-refractivity contribution is 5.83. The van der Waals surface area contributed by atoms with Crippen LogP contribution in [0.15, 0.2) is 24.3 Å². The van der Waals surface area contributed by atoms with Crippen LogP contribution in [-0.4, -0.2) is 62.1 Å². The van der Waals surface area contributed by atoms with Gasteiger partial charge in [0.1, 0.15) is 0 Å². The van der Waals surface area contributed by atoms with Crippen LogP contribution in [0.2, 0.25) is 0 Å². The summed E-state index contributed by atoms with van der Waals surface area (Å²) in [4.78, 5) is 37.9. The second-order valence-corrected chi connectivity index (χ2v) is 7.54. The van der Waals surface area contributed by atoms with E-state index in [0.29, 0.717) is 31.5 Å². The maximum atomic E-state index is 12.6. The molecule has 1 rings (SSSR count). The molecule has 32 heavy (non-hydrogen) atoms. The molecule has 0 aliphatic heterocycles. The van der Waals surface area contributed by atoms with Crippen molar-refractivity contribution in [1.29, 1.82) is 0 Å². The number of carbonyl (C=O) groups excluding carboxylic acids is 3. The lowest BCUT2D eigenvalue weighted by molar-refractivity contribution is -0.148. The largest absolute Gasteiger partial charge is 0.465 e. The lowest BCUT2D eigenvalue weighted by atomic mass is 9.96. The van der Waals surface area contributed by atoms with Crippen LogP contribution in [0.1, 0.15) is 72.6 Å². The molecule has 7 nitrogen and oxygen atoms in total. The number of esters is 2. The second-order valence-electron chi connectivity index (χ2n) is 7.54. The van der Waals surface area contributed by atoms with Gasteiger partial charge in [-0.15, -0.1) is 0 Å². The van der Waals surface area contributed by atoms with Gasteiger partial charge in [0.2, 0.25) is 5.91 Å². The van der Waals surface area contributed by atoms with Crippen LogP contribution < -0.4 is 5.32 Å². The van der Waals surface area contributed by atoms with Crippen molar-refractivity contribution in [2.75, 3.05) is 39.4 Å². The number of unbranched alkanes of at least 4 members (excludes halogenated alkanes) is 1. The van der Waals surface area contributed by atoms with Crippen molar-refractivity contribution in [2.45, 2.75) is 59.7 Å². The minimum absolute atomic E-state index is 0.0223. The van der Waals surface area contributed by atoms with Gasteiger partial charge in [0.15, 0.2) is 0 Å². The van der Waals surface area contributed by atoms with Crippen molar-refractivity contribution in [2.24, 2.45) is 5.92 Å². The van der Waals surface area contributed by atoms with Crippen LogP contribution >= 0.6 is 0 Å². The Bertz CT molecular complexity index is 856. The fourth-order valence-corrected chi connectivity index (χ4v) is 3.15. The van der Waals surface area contributed by atoms with E-state index in [0.717, 1.165) is 5.56 Å². The molecule has 0 bridgehead atoms. The van der Waals surface area contributed by atoms with Gasteiger partial charge in [0, 0.05) is 14.8 Å². The molecular weight excluding hydrogens is 408 g/mol. The molecule has 0 saturated carbocycles. The van der Waals surface area contributed by atoms with E-state index in [2.05, 4.69) is 5.32 Å². The van der Waals surface area contributed by atoms with Crippen molar-refractivity contribution in [3.05, 3.63) is 35.4 Å². The van der Waals surface area contributed by atoms with Crippen molar-refractivity contribution in [3.8, 4) is 0 Å². The Balaban J connectivity index is 2.57. The monoisotopic (exact) mass is 454 g/mol. The number of benzene rings is 1. The van der Waals surface area contributed by atoms with Crippen molar-refractivity contribution in [1.82, 2.24) is 10.2 Å². The van der Waals surface area contributed by atoms with E-state index >= 15 is 0 Å². The Labute approximate surface area is 201 Å². The van der Waals surface area contributed by atoms with Gasteiger partial charge in [0.05, 0.1) is 32.2 Å². The van der Waals surface area contributed by atoms with Crippen LogP contribution in [0.5, 0.6) is 0 Å². The Morgan fingerprint density at radius 3 is 2.12 bits per heavy atom. The van der Waals surface area contributed by atoms with Crippen LogP contribution in [-0.2, 0) is 30.3 Å². The first-order valence-corrected chi connectivity index (χ1v) is 11.1. The van der Waals surface area contributed by atoms with E-state index in [1.54, 1.807) is 49.9 Å². The Morgan fingerprint density at radius 2 is 1.59 bits per heavy atom. The molecule has 1 aromatic rings. The summed E-state index contributed by atoms with van der Waals surface area (Å²) in [5.41, 5.74) is 1.30. The quantitative estimate of drug-likeness (QED) is 0.323. The van der Waals surface area contributed by atoms with Gasteiger partial charge in [-0.05, 0) is 63.6 Å². The number of nitrogens with one attached hydrogen (secondary N) is 1. The topological polar surface area (TPSA) is 84.9 Å². The lowest BCUT2D eigenvalue weighted by Crippen LogP contribution is -2.37. The first-order valence-electron chi connectivity index (χ1n) is 14.1. The van der Waals surface area contributed by atoms with E-state index < -0.39 is 37.5 Å². The lowest BCUT2D eigenvalue weighted by Gasteiger charge is -2.20. The zero-order valence-corrected chi connectivity index (χ0v) is 19.3. The zero-order valence-electron chi connectivity index (χ0n) is 25.3. The minimum atomic E-state index is -2.61. The van der Waals surface area contributed by atoms with Crippen molar-refractivity contribution in [3.63, 3.8) is 0 Å². The molecule has 7 heteroatoms. The van der Waals surface area contributed by atoms with Crippen LogP contribution in [0.3, 0.4) is 0 Å². The molecule has 0 aliphatic rings. The van der Waals surface area contributed by atoms with E-state index in [9.17, 15) is 14.4 Å². The van der Waals surface area contributed by atoms with Crippen LogP contribution in [0, 0.1) is 5.92 Å². The second kappa shape index (κ2) is 15.4. The van der Waals surface area contributed by atoms with Gasteiger partial charge in [-0.2, -0.15) is 0 Å². The van der Waals surface area contributed by atoms with Gasteiger partial charge in [-0.3, -0.25) is 19.3 Å². The number of nitrogens with zero attached hydrogens (tertiary/aromatic N) is 1. The Kier molecular flexibility index (Phi) is 9.19. The third-order valence-corrected chi connectivity index (χ3v) is 4.83. The normalized spacial score (nSPS) is 15.5.